The lowest BCUT2D eigenvalue weighted by Gasteiger charge is -2.11. The maximum Gasteiger partial charge on any atom is 0.200 e. The molecule has 3 nitrogen and oxygen atoms in total. The number of hydrogen-bond donors (Lipinski definition) is 0. The van der Waals surface area contributed by atoms with Crippen LogP contribution in [0.1, 0.15) is 21.5 Å². The SMILES string of the molecule is COc1cc(C=C2Sc3ccccc3C2=O)ccc1OCc1ccc(F)cc1. The summed E-state index contributed by atoms with van der Waals surface area (Å²) in [5.41, 5.74) is 2.46. The predicted molar refractivity (Wildman–Crippen MR) is 108 cm³/mol. The van der Waals surface area contributed by atoms with Crippen LogP contribution < -0.4 is 9.47 Å². The van der Waals surface area contributed by atoms with Crippen LogP contribution in [-0.4, -0.2) is 12.9 Å². The van der Waals surface area contributed by atoms with Crippen molar-refractivity contribution in [2.24, 2.45) is 0 Å². The molecule has 0 N–H and O–H groups in total. The highest BCUT2D eigenvalue weighted by molar-refractivity contribution is 8.04. The molecule has 0 atom stereocenters. The number of allylic oxidation sites excluding steroid dienone is 1. The molecule has 0 spiro atoms. The molecule has 0 unspecified atom stereocenters. The van der Waals surface area contributed by atoms with E-state index in [2.05, 4.69) is 0 Å². The Kier molecular flexibility index (Phi) is 5.17. The first-order valence-electron chi connectivity index (χ1n) is 8.72. The average molecular weight is 392 g/mol. The van der Waals surface area contributed by atoms with E-state index in [4.69, 9.17) is 9.47 Å². The van der Waals surface area contributed by atoms with Gasteiger partial charge in [-0.05, 0) is 53.6 Å². The van der Waals surface area contributed by atoms with Gasteiger partial charge in [0, 0.05) is 10.5 Å². The monoisotopic (exact) mass is 392 g/mol. The maximum atomic E-state index is 13.0. The normalized spacial score (nSPS) is 14.2. The first-order chi connectivity index (χ1) is 13.6. The molecule has 0 aromatic heterocycles. The average Bonchev–Trinajstić information content (AvgIpc) is 3.04. The van der Waals surface area contributed by atoms with E-state index < -0.39 is 0 Å². The molecule has 0 radical (unpaired) electrons. The summed E-state index contributed by atoms with van der Waals surface area (Å²) in [6, 6.07) is 19.3. The number of hydrogen-bond acceptors (Lipinski definition) is 4. The molecule has 0 aliphatic carbocycles. The third kappa shape index (κ3) is 3.80. The van der Waals surface area contributed by atoms with Crippen molar-refractivity contribution in [2.75, 3.05) is 7.11 Å². The van der Waals surface area contributed by atoms with Crippen LogP contribution in [0.4, 0.5) is 4.39 Å². The molecule has 1 aliphatic heterocycles. The number of ether oxygens (including phenoxy) is 2. The Bertz CT molecular complexity index is 1060. The maximum absolute atomic E-state index is 13.0. The van der Waals surface area contributed by atoms with Crippen LogP contribution in [0.25, 0.3) is 6.08 Å². The predicted octanol–water partition coefficient (Wildman–Crippen LogP) is 5.74. The molecule has 1 heterocycles. The molecule has 0 amide bonds. The van der Waals surface area contributed by atoms with Gasteiger partial charge in [0.15, 0.2) is 11.5 Å². The van der Waals surface area contributed by atoms with E-state index in [0.717, 1.165) is 21.6 Å². The van der Waals surface area contributed by atoms with Gasteiger partial charge in [0.25, 0.3) is 0 Å². The molecule has 4 rings (SSSR count). The largest absolute Gasteiger partial charge is 0.493 e. The van der Waals surface area contributed by atoms with Crippen LogP contribution in [-0.2, 0) is 6.61 Å². The fourth-order valence-corrected chi connectivity index (χ4v) is 3.97. The standard InChI is InChI=1S/C23H17FO3S/c1-26-20-12-16(13-22-23(25)18-4-2-3-5-21(18)28-22)8-11-19(20)27-14-15-6-9-17(24)10-7-15/h2-13H,14H2,1H3. The molecule has 28 heavy (non-hydrogen) atoms. The molecule has 140 valence electrons. The van der Waals surface area contributed by atoms with Crippen LogP contribution in [0.2, 0.25) is 0 Å². The zero-order chi connectivity index (χ0) is 19.5. The third-order valence-electron chi connectivity index (χ3n) is 4.37. The second-order valence-corrected chi connectivity index (χ2v) is 7.35. The third-order valence-corrected chi connectivity index (χ3v) is 5.47. The summed E-state index contributed by atoms with van der Waals surface area (Å²) in [5, 5.41) is 0. The molecule has 3 aromatic rings. The van der Waals surface area contributed by atoms with E-state index in [9.17, 15) is 9.18 Å². The zero-order valence-electron chi connectivity index (χ0n) is 15.1. The summed E-state index contributed by atoms with van der Waals surface area (Å²) in [7, 11) is 1.57. The summed E-state index contributed by atoms with van der Waals surface area (Å²) in [4.78, 5) is 14.2. The number of rotatable bonds is 5. The number of Topliss-reactive ketones (excluding diaryl/α,β-unsaturated/α-hetero) is 1. The van der Waals surface area contributed by atoms with Crippen LogP contribution >= 0.6 is 11.8 Å². The summed E-state index contributed by atoms with van der Waals surface area (Å²) in [5.74, 6) is 0.920. The molecule has 0 bridgehead atoms. The van der Waals surface area contributed by atoms with Crippen molar-refractivity contribution in [2.45, 2.75) is 11.5 Å². The lowest BCUT2D eigenvalue weighted by molar-refractivity contribution is 0.104. The topological polar surface area (TPSA) is 35.5 Å². The Hall–Kier alpha value is -3.05. The molecular formula is C23H17FO3S. The lowest BCUT2D eigenvalue weighted by Crippen LogP contribution is -1.98. The van der Waals surface area contributed by atoms with Gasteiger partial charge in [-0.2, -0.15) is 0 Å². The summed E-state index contributed by atoms with van der Waals surface area (Å²) < 4.78 is 24.3. The summed E-state index contributed by atoms with van der Waals surface area (Å²) in [6.45, 7) is 0.306. The Morgan fingerprint density at radius 2 is 1.79 bits per heavy atom. The Balaban J connectivity index is 1.52. The smallest absolute Gasteiger partial charge is 0.200 e. The molecule has 0 saturated carbocycles. The molecule has 0 saturated heterocycles. The molecule has 1 aliphatic rings. The van der Waals surface area contributed by atoms with Crippen molar-refractivity contribution in [3.8, 4) is 11.5 Å². The first kappa shape index (κ1) is 18.3. The fraction of sp³-hybridized carbons (Fsp3) is 0.0870. The van der Waals surface area contributed by atoms with Gasteiger partial charge in [-0.3, -0.25) is 4.79 Å². The van der Waals surface area contributed by atoms with E-state index in [0.29, 0.717) is 23.0 Å². The Morgan fingerprint density at radius 3 is 2.54 bits per heavy atom. The van der Waals surface area contributed by atoms with Crippen molar-refractivity contribution in [3.05, 3.63) is 94.1 Å². The van der Waals surface area contributed by atoms with Crippen LogP contribution in [0.15, 0.2) is 76.5 Å². The molecule has 0 fully saturated rings. The lowest BCUT2D eigenvalue weighted by atomic mass is 10.1. The number of halogens is 1. The number of carbonyl (C=O) groups is 1. The highest BCUT2D eigenvalue weighted by Gasteiger charge is 2.25. The van der Waals surface area contributed by atoms with Gasteiger partial charge in [0.05, 0.1) is 12.0 Å². The first-order valence-corrected chi connectivity index (χ1v) is 9.54. The zero-order valence-corrected chi connectivity index (χ0v) is 16.0. The Morgan fingerprint density at radius 1 is 1.00 bits per heavy atom. The number of fused-ring (bicyclic) bond motifs is 1. The molecule has 3 aromatic carbocycles. The van der Waals surface area contributed by atoms with Crippen molar-refractivity contribution in [1.82, 2.24) is 0 Å². The number of benzene rings is 3. The fourth-order valence-electron chi connectivity index (χ4n) is 2.92. The summed E-state index contributed by atoms with van der Waals surface area (Å²) >= 11 is 1.47. The van der Waals surface area contributed by atoms with Gasteiger partial charge in [-0.1, -0.05) is 42.1 Å². The summed E-state index contributed by atoms with van der Waals surface area (Å²) in [6.07, 6.45) is 1.86. The van der Waals surface area contributed by atoms with E-state index in [1.54, 1.807) is 19.2 Å². The van der Waals surface area contributed by atoms with E-state index in [1.165, 1.54) is 23.9 Å². The van der Waals surface area contributed by atoms with Crippen LogP contribution in [0.5, 0.6) is 11.5 Å². The number of thioether (sulfide) groups is 1. The van der Waals surface area contributed by atoms with E-state index in [-0.39, 0.29) is 11.6 Å². The van der Waals surface area contributed by atoms with E-state index >= 15 is 0 Å². The second kappa shape index (κ2) is 7.90. The number of methoxy groups -OCH3 is 1. The quantitative estimate of drug-likeness (QED) is 0.519. The van der Waals surface area contributed by atoms with Crippen molar-refractivity contribution >= 4 is 23.6 Å². The van der Waals surface area contributed by atoms with Gasteiger partial charge in [0.1, 0.15) is 12.4 Å². The van der Waals surface area contributed by atoms with Gasteiger partial charge in [-0.25, -0.2) is 4.39 Å². The highest BCUT2D eigenvalue weighted by atomic mass is 32.2. The Labute approximate surface area is 166 Å². The molecule has 5 heteroatoms. The van der Waals surface area contributed by atoms with Crippen LogP contribution in [0, 0.1) is 5.82 Å². The van der Waals surface area contributed by atoms with Gasteiger partial charge < -0.3 is 9.47 Å². The van der Waals surface area contributed by atoms with Gasteiger partial charge >= 0.3 is 0 Å². The van der Waals surface area contributed by atoms with Crippen molar-refractivity contribution in [3.63, 3.8) is 0 Å². The van der Waals surface area contributed by atoms with E-state index in [1.807, 2.05) is 48.5 Å². The van der Waals surface area contributed by atoms with Gasteiger partial charge in [0.2, 0.25) is 5.78 Å². The second-order valence-electron chi connectivity index (χ2n) is 6.26. The van der Waals surface area contributed by atoms with Crippen molar-refractivity contribution in [1.29, 1.82) is 0 Å². The van der Waals surface area contributed by atoms with Crippen molar-refractivity contribution < 1.29 is 18.7 Å². The number of ketones is 1. The highest BCUT2D eigenvalue weighted by Crippen LogP contribution is 2.41. The minimum atomic E-state index is -0.278. The van der Waals surface area contributed by atoms with Gasteiger partial charge in [-0.15, -0.1) is 0 Å². The molecular weight excluding hydrogens is 375 g/mol. The minimum Gasteiger partial charge on any atom is -0.493 e. The number of carbonyl (C=O) groups excluding carboxylic acids is 1. The minimum absolute atomic E-state index is 0.0382. The van der Waals surface area contributed by atoms with Crippen LogP contribution in [0.3, 0.4) is 0 Å².